The van der Waals surface area contributed by atoms with E-state index in [2.05, 4.69) is 187 Å². The topological polar surface area (TPSA) is 35.2 Å². The largest absolute Gasteiger partial charge is 0.509 e. The Morgan fingerprint density at radius 1 is 0.571 bits per heavy atom. The Balaban J connectivity index is 0.00000560. The van der Waals surface area contributed by atoms with Gasteiger partial charge in [0.2, 0.25) is 0 Å². The molecule has 0 N–H and O–H groups in total. The minimum Gasteiger partial charge on any atom is -0.509 e. The van der Waals surface area contributed by atoms with Crippen molar-refractivity contribution in [3.8, 4) is 28.4 Å². The summed E-state index contributed by atoms with van der Waals surface area (Å²) in [5.41, 5.74) is 10.8. The van der Waals surface area contributed by atoms with Crippen molar-refractivity contribution in [3.05, 3.63) is 212 Å². The van der Waals surface area contributed by atoms with E-state index in [-0.39, 0.29) is 26.5 Å². The number of hydrogen-bond acceptors (Lipinski definition) is 3. The standard InChI is InChI=1S/C64H53N4O.Pt/c1-40(2)42-31-32-65-61(36-42)68-58-27-13-12-23-54(58)55-30-29-48(38-60(55)68)69-47-18-14-17-46(37-47)66-39-67-62-49(44-33-43(41(3)4)34-45(35-44)64(5,6)7)24-15-25-56(62)52-21-10-8-19-50(52)51-20-9-11-22-53(51)57-26-16-28-59(66)63(57)67;/h8-36,39-41H,1-7H3;/q-3;/i40D,41D;. The fourth-order valence-electron chi connectivity index (χ4n) is 10.2. The molecule has 11 aromatic rings. The Morgan fingerprint density at radius 3 is 1.89 bits per heavy atom. The third kappa shape index (κ3) is 7.59. The van der Waals surface area contributed by atoms with Crippen molar-refractivity contribution >= 4 is 76.5 Å². The SMILES string of the molecule is [2H]C(C)(C)c1cc(-c2cccc3c4ccccc4c4ccccc4c4cccc5c4n(c23)[CH-]N5c2[c-]c(Oc3[c-]c4c(cc3)c3ccccc3n4-c3cc(C([2H])(C)C)ccn3)ccc2)cc(C(C)(C)C)c1.[Pt]. The molecule has 0 spiro atoms. The van der Waals surface area contributed by atoms with E-state index in [0.717, 1.165) is 93.8 Å². The Morgan fingerprint density at radius 2 is 1.19 bits per heavy atom. The molecule has 0 aliphatic carbocycles. The molecule has 0 unspecified atom stereocenters. The smallest absolute Gasteiger partial charge is 0.135 e. The van der Waals surface area contributed by atoms with Crippen molar-refractivity contribution < 1.29 is 28.5 Å². The van der Waals surface area contributed by atoms with Crippen LogP contribution in [0.5, 0.6) is 11.5 Å². The normalized spacial score (nSPS) is 13.2. The number of benzene rings is 8. The molecule has 8 aromatic carbocycles. The van der Waals surface area contributed by atoms with Gasteiger partial charge in [0.25, 0.3) is 0 Å². The summed E-state index contributed by atoms with van der Waals surface area (Å²) in [5.74, 6) is 0.217. The van der Waals surface area contributed by atoms with Crippen LogP contribution in [0.3, 0.4) is 0 Å². The summed E-state index contributed by atoms with van der Waals surface area (Å²) in [6.07, 6.45) is 1.78. The molecular formula is C64H53N4OPt-3. The number of para-hydroxylation sites is 3. The van der Waals surface area contributed by atoms with Crippen LogP contribution >= 0.6 is 0 Å². The van der Waals surface area contributed by atoms with Crippen LogP contribution < -0.4 is 9.64 Å². The minimum absolute atomic E-state index is 0. The van der Waals surface area contributed by atoms with E-state index in [1.54, 1.807) is 6.20 Å². The first-order valence-corrected chi connectivity index (χ1v) is 23.8. The van der Waals surface area contributed by atoms with Crippen LogP contribution in [-0.2, 0) is 26.5 Å². The molecule has 5 nitrogen and oxygen atoms in total. The average Bonchev–Trinajstić information content (AvgIpc) is 3.92. The number of aromatic nitrogens is 3. The number of ether oxygens (including phenoxy) is 1. The molecule has 0 atom stereocenters. The fourth-order valence-corrected chi connectivity index (χ4v) is 10.2. The summed E-state index contributed by atoms with van der Waals surface area (Å²) in [4.78, 5) is 7.03. The van der Waals surface area contributed by atoms with E-state index in [1.165, 1.54) is 16.3 Å². The van der Waals surface area contributed by atoms with Crippen molar-refractivity contribution in [1.82, 2.24) is 14.1 Å². The first-order valence-electron chi connectivity index (χ1n) is 24.8. The van der Waals surface area contributed by atoms with Gasteiger partial charge in [-0.15, -0.1) is 35.7 Å². The maximum Gasteiger partial charge on any atom is 0.135 e. The van der Waals surface area contributed by atoms with Gasteiger partial charge in [0.1, 0.15) is 5.82 Å². The van der Waals surface area contributed by atoms with Gasteiger partial charge in [-0.3, -0.25) is 0 Å². The first-order chi connectivity index (χ1) is 34.1. The number of anilines is 2. The Kier molecular flexibility index (Phi) is 10.7. The van der Waals surface area contributed by atoms with Crippen LogP contribution in [0.2, 0.25) is 0 Å². The van der Waals surface area contributed by atoms with Crippen LogP contribution in [-0.4, -0.2) is 14.1 Å². The molecule has 6 heteroatoms. The molecule has 0 saturated heterocycles. The zero-order valence-corrected chi connectivity index (χ0v) is 42.6. The predicted molar refractivity (Wildman–Crippen MR) is 289 cm³/mol. The van der Waals surface area contributed by atoms with Crippen LogP contribution in [0.25, 0.3) is 82.1 Å². The number of rotatable bonds is 7. The van der Waals surface area contributed by atoms with Gasteiger partial charge in [-0.1, -0.05) is 175 Å². The van der Waals surface area contributed by atoms with Crippen molar-refractivity contribution in [3.63, 3.8) is 0 Å². The van der Waals surface area contributed by atoms with Crippen LogP contribution in [0.1, 0.15) is 79.7 Å². The van der Waals surface area contributed by atoms with Gasteiger partial charge in [0.15, 0.2) is 0 Å². The van der Waals surface area contributed by atoms with E-state index < -0.39 is 11.8 Å². The third-order valence-electron chi connectivity index (χ3n) is 13.8. The molecule has 0 radical (unpaired) electrons. The molecule has 0 bridgehead atoms. The molecular weight excluding hydrogens is 1040 g/mol. The summed E-state index contributed by atoms with van der Waals surface area (Å²) < 4.78 is 29.3. The minimum atomic E-state index is -0.810. The van der Waals surface area contributed by atoms with E-state index in [4.69, 9.17) is 11.1 Å². The van der Waals surface area contributed by atoms with Crippen LogP contribution in [0.4, 0.5) is 11.4 Å². The van der Waals surface area contributed by atoms with Crippen molar-refractivity contribution in [1.29, 1.82) is 0 Å². The summed E-state index contributed by atoms with van der Waals surface area (Å²) in [6.45, 7) is 16.7. The average molecular weight is 1090 g/mol. The third-order valence-corrected chi connectivity index (χ3v) is 13.8. The number of pyridine rings is 1. The molecule has 1 aliphatic rings. The Labute approximate surface area is 427 Å². The summed E-state index contributed by atoms with van der Waals surface area (Å²) in [6, 6.07) is 67.1. The maximum atomic E-state index is 9.26. The van der Waals surface area contributed by atoms with Crippen molar-refractivity contribution in [2.75, 3.05) is 4.90 Å². The van der Waals surface area contributed by atoms with Gasteiger partial charge < -0.3 is 18.8 Å². The Hall–Kier alpha value is -7.33. The second-order valence-electron chi connectivity index (χ2n) is 19.7. The van der Waals surface area contributed by atoms with Gasteiger partial charge in [0.05, 0.1) is 0 Å². The monoisotopic (exact) mass is 1090 g/mol. The summed E-state index contributed by atoms with van der Waals surface area (Å²) in [7, 11) is 0. The van der Waals surface area contributed by atoms with Crippen molar-refractivity contribution in [2.45, 2.75) is 65.7 Å². The number of fused-ring (bicyclic) bond motifs is 10. The van der Waals surface area contributed by atoms with Crippen LogP contribution in [0.15, 0.2) is 176 Å². The summed E-state index contributed by atoms with van der Waals surface area (Å²) in [5, 5.41) is 8.96. The quantitative estimate of drug-likeness (QED) is 0.149. The van der Waals surface area contributed by atoms with Crippen LogP contribution in [0, 0.1) is 18.8 Å². The van der Waals surface area contributed by atoms with Gasteiger partial charge in [0, 0.05) is 52.7 Å². The molecule has 12 rings (SSSR count). The second-order valence-corrected chi connectivity index (χ2v) is 19.7. The fraction of sp³-hybridized carbons (Fsp3) is 0.156. The predicted octanol–water partition coefficient (Wildman–Crippen LogP) is 17.4. The molecule has 0 amide bonds. The number of hydrogen-bond donors (Lipinski definition) is 0. The van der Waals surface area contributed by atoms with E-state index in [9.17, 15) is 1.37 Å². The summed E-state index contributed by atoms with van der Waals surface area (Å²) >= 11 is 0. The molecule has 70 heavy (non-hydrogen) atoms. The number of nitrogens with zero attached hydrogens (tertiary/aromatic N) is 4. The van der Waals surface area contributed by atoms with Crippen molar-refractivity contribution in [2.24, 2.45) is 0 Å². The second kappa shape index (κ2) is 17.6. The van der Waals surface area contributed by atoms with E-state index in [1.807, 2.05) is 64.1 Å². The van der Waals surface area contributed by atoms with Gasteiger partial charge >= 0.3 is 0 Å². The van der Waals surface area contributed by atoms with Gasteiger partial charge in [-0.25, -0.2) is 4.98 Å². The zero-order valence-electron chi connectivity index (χ0n) is 42.3. The maximum absolute atomic E-state index is 9.26. The zero-order chi connectivity index (χ0) is 49.0. The van der Waals surface area contributed by atoms with Gasteiger partial charge in [-0.05, 0) is 125 Å². The molecule has 348 valence electrons. The molecule has 3 aromatic heterocycles. The Bertz CT molecular complexity index is 4000. The molecule has 0 saturated carbocycles. The molecule has 1 aliphatic heterocycles. The van der Waals surface area contributed by atoms with E-state index >= 15 is 0 Å². The first kappa shape index (κ1) is 42.7. The van der Waals surface area contributed by atoms with Gasteiger partial charge in [-0.2, -0.15) is 12.1 Å². The van der Waals surface area contributed by atoms with E-state index in [0.29, 0.717) is 11.5 Å². The molecule has 0 fully saturated rings. The molecule has 4 heterocycles.